The van der Waals surface area contributed by atoms with Crippen LogP contribution in [0, 0.1) is 0 Å². The molecule has 208 valence electrons. The van der Waals surface area contributed by atoms with Crippen LogP contribution in [-0.2, 0) is 36.2 Å². The molecule has 2 aromatic heterocycles. The van der Waals surface area contributed by atoms with E-state index < -0.39 is 11.4 Å². The number of pyridine rings is 1. The Hall–Kier alpha value is -4.49. The molecule has 1 unspecified atom stereocenters. The predicted molar refractivity (Wildman–Crippen MR) is 167 cm³/mol. The summed E-state index contributed by atoms with van der Waals surface area (Å²) >= 11 is 3.52. The number of aromatic nitrogens is 3. The summed E-state index contributed by atoms with van der Waals surface area (Å²) in [6.45, 7) is 0.916. The first-order valence-electron chi connectivity index (χ1n) is 14.0. The van der Waals surface area contributed by atoms with Crippen molar-refractivity contribution in [2.45, 2.75) is 37.8 Å². The largest absolute Gasteiger partial charge is 0.487 e. The summed E-state index contributed by atoms with van der Waals surface area (Å²) in [6, 6.07) is 34.1. The third kappa shape index (κ3) is 4.84. The Kier molecular flexibility index (Phi) is 6.75. The third-order valence-corrected chi connectivity index (χ3v) is 8.85. The van der Waals surface area contributed by atoms with Crippen LogP contribution in [-0.4, -0.2) is 25.6 Å². The van der Waals surface area contributed by atoms with E-state index in [-0.39, 0.29) is 0 Å². The molecule has 4 aromatic carbocycles. The normalized spacial score (nSPS) is 16.1. The Morgan fingerprint density at radius 3 is 2.57 bits per heavy atom. The highest BCUT2D eigenvalue weighted by atomic mass is 79.9. The predicted octanol–water partition coefficient (Wildman–Crippen LogP) is 7.49. The molecule has 1 atom stereocenters. The van der Waals surface area contributed by atoms with Crippen molar-refractivity contribution in [1.82, 2.24) is 14.5 Å². The molecule has 1 aliphatic carbocycles. The molecule has 0 aliphatic heterocycles. The zero-order chi connectivity index (χ0) is 28.7. The van der Waals surface area contributed by atoms with Gasteiger partial charge in [0, 0.05) is 28.9 Å². The molecule has 6 aromatic rings. The topological polar surface area (TPSA) is 77.2 Å². The van der Waals surface area contributed by atoms with Crippen LogP contribution in [0.5, 0.6) is 5.75 Å². The van der Waals surface area contributed by atoms with Gasteiger partial charge < -0.3 is 14.4 Å². The number of benzene rings is 4. The third-order valence-electron chi connectivity index (χ3n) is 8.32. The number of rotatable bonds is 8. The van der Waals surface area contributed by atoms with E-state index in [1.165, 1.54) is 0 Å². The van der Waals surface area contributed by atoms with E-state index in [0.29, 0.717) is 31.7 Å². The Labute approximate surface area is 251 Å². The number of carboxylic acids is 1. The summed E-state index contributed by atoms with van der Waals surface area (Å²) in [4.78, 5) is 22.7. The molecule has 6 nitrogen and oxygen atoms in total. The molecule has 1 N–H and O–H groups in total. The maximum atomic E-state index is 12.9. The number of carboxylic acid groups (broad SMARTS) is 1. The molecule has 0 bridgehead atoms. The summed E-state index contributed by atoms with van der Waals surface area (Å²) in [7, 11) is 0. The van der Waals surface area contributed by atoms with Gasteiger partial charge in [0.25, 0.3) is 0 Å². The lowest BCUT2D eigenvalue weighted by atomic mass is 9.78. The second-order valence-corrected chi connectivity index (χ2v) is 11.8. The molecule has 0 amide bonds. The second-order valence-electron chi connectivity index (χ2n) is 10.9. The Morgan fingerprint density at radius 1 is 0.905 bits per heavy atom. The Morgan fingerprint density at radius 2 is 1.71 bits per heavy atom. The monoisotopic (exact) mass is 617 g/mol. The zero-order valence-corrected chi connectivity index (χ0v) is 24.4. The number of aliphatic carboxylic acids is 1. The Balaban J connectivity index is 1.24. The van der Waals surface area contributed by atoms with Crippen molar-refractivity contribution in [3.8, 4) is 5.75 Å². The first-order valence-corrected chi connectivity index (χ1v) is 14.8. The summed E-state index contributed by atoms with van der Waals surface area (Å²) in [5, 5.41) is 11.7. The van der Waals surface area contributed by atoms with Gasteiger partial charge in [-0.25, -0.2) is 9.97 Å². The van der Waals surface area contributed by atoms with Crippen molar-refractivity contribution >= 4 is 43.8 Å². The quantitative estimate of drug-likeness (QED) is 0.191. The highest BCUT2D eigenvalue weighted by molar-refractivity contribution is 9.10. The highest BCUT2D eigenvalue weighted by Gasteiger charge is 2.46. The number of halogens is 1. The molecular weight excluding hydrogens is 590 g/mol. The van der Waals surface area contributed by atoms with Crippen molar-refractivity contribution < 1.29 is 14.6 Å². The molecular formula is C35H28BrN3O3. The molecule has 0 radical (unpaired) electrons. The van der Waals surface area contributed by atoms with Gasteiger partial charge in [-0.05, 0) is 65.9 Å². The molecule has 0 spiro atoms. The number of hydrogen-bond donors (Lipinski definition) is 1. The van der Waals surface area contributed by atoms with Crippen LogP contribution >= 0.6 is 15.9 Å². The van der Waals surface area contributed by atoms with Crippen molar-refractivity contribution in [3.63, 3.8) is 0 Å². The molecule has 0 fully saturated rings. The zero-order valence-electron chi connectivity index (χ0n) is 22.8. The lowest BCUT2D eigenvalue weighted by Gasteiger charge is -2.26. The van der Waals surface area contributed by atoms with Crippen LogP contribution in [0.25, 0.3) is 21.9 Å². The average Bonchev–Trinajstić information content (AvgIpc) is 3.55. The molecule has 7 heteroatoms. The fourth-order valence-electron chi connectivity index (χ4n) is 6.12. The standard InChI is InChI=1S/C35H28BrN3O3/c36-26-12-9-23(10-13-26)21-39-32-16-15-28(42-22-27-14-11-25-6-2-4-8-30(25)37-27)19-31(32)38-33(39)20-35(34(40)41)18-17-24-5-1-3-7-29(24)35/h1-16,19H,17-18,20-22H2,(H,40,41). The number of para-hydroxylation sites is 1. The van der Waals surface area contributed by atoms with Crippen LogP contribution in [0.4, 0.5) is 0 Å². The Bertz CT molecular complexity index is 1950. The van der Waals surface area contributed by atoms with Gasteiger partial charge in [-0.3, -0.25) is 4.79 Å². The number of nitrogens with zero attached hydrogens (tertiary/aromatic N) is 3. The minimum absolute atomic E-state index is 0.307. The minimum atomic E-state index is -1.02. The van der Waals surface area contributed by atoms with Gasteiger partial charge in [0.05, 0.1) is 22.2 Å². The van der Waals surface area contributed by atoms with E-state index in [2.05, 4.69) is 38.7 Å². The molecule has 7 rings (SSSR count). The van der Waals surface area contributed by atoms with Crippen LogP contribution in [0.3, 0.4) is 0 Å². The second kappa shape index (κ2) is 10.7. The molecule has 0 saturated carbocycles. The summed E-state index contributed by atoms with van der Waals surface area (Å²) in [5.41, 5.74) is 5.59. The number of ether oxygens (including phenoxy) is 1. The number of carbonyl (C=O) groups is 1. The van der Waals surface area contributed by atoms with Gasteiger partial charge in [0.1, 0.15) is 23.6 Å². The van der Waals surface area contributed by atoms with Crippen LogP contribution < -0.4 is 4.74 Å². The SMILES string of the molecule is O=C(O)C1(Cc2nc3cc(OCc4ccc5ccccc5n4)ccc3n2Cc2ccc(Br)cc2)CCc2ccccc21. The van der Waals surface area contributed by atoms with E-state index in [9.17, 15) is 9.90 Å². The van der Waals surface area contributed by atoms with E-state index in [0.717, 1.165) is 61.0 Å². The van der Waals surface area contributed by atoms with Crippen molar-refractivity contribution in [1.29, 1.82) is 0 Å². The van der Waals surface area contributed by atoms with Crippen molar-refractivity contribution in [2.24, 2.45) is 0 Å². The first-order chi connectivity index (χ1) is 20.5. The smallest absolute Gasteiger partial charge is 0.314 e. The van der Waals surface area contributed by atoms with Crippen LogP contribution in [0.2, 0.25) is 0 Å². The maximum Gasteiger partial charge on any atom is 0.314 e. The van der Waals surface area contributed by atoms with Crippen molar-refractivity contribution in [2.75, 3.05) is 0 Å². The van der Waals surface area contributed by atoms with Gasteiger partial charge in [-0.15, -0.1) is 0 Å². The molecule has 0 saturated heterocycles. The van der Waals surface area contributed by atoms with Gasteiger partial charge in [-0.2, -0.15) is 0 Å². The molecule has 1 aliphatic rings. The van der Waals surface area contributed by atoms with Crippen molar-refractivity contribution in [3.05, 3.63) is 136 Å². The molecule has 2 heterocycles. The van der Waals surface area contributed by atoms with E-state index in [1.54, 1.807) is 0 Å². The van der Waals surface area contributed by atoms with E-state index in [4.69, 9.17) is 14.7 Å². The van der Waals surface area contributed by atoms with Crippen LogP contribution in [0.1, 0.15) is 34.6 Å². The van der Waals surface area contributed by atoms with Gasteiger partial charge in [0.2, 0.25) is 0 Å². The number of aryl methyl sites for hydroxylation is 1. The number of fused-ring (bicyclic) bond motifs is 3. The average molecular weight is 619 g/mol. The minimum Gasteiger partial charge on any atom is -0.487 e. The fraction of sp³-hybridized carbons (Fsp3) is 0.171. The van der Waals surface area contributed by atoms with E-state index >= 15 is 0 Å². The first kappa shape index (κ1) is 26.4. The highest BCUT2D eigenvalue weighted by Crippen LogP contribution is 2.42. The maximum absolute atomic E-state index is 12.9. The van der Waals surface area contributed by atoms with E-state index in [1.807, 2.05) is 84.9 Å². The van der Waals surface area contributed by atoms with Gasteiger partial charge in [0.15, 0.2) is 0 Å². The van der Waals surface area contributed by atoms with Gasteiger partial charge >= 0.3 is 5.97 Å². The summed E-state index contributed by atoms with van der Waals surface area (Å²) < 4.78 is 9.32. The van der Waals surface area contributed by atoms with Gasteiger partial charge in [-0.1, -0.05) is 76.6 Å². The fourth-order valence-corrected chi connectivity index (χ4v) is 6.38. The molecule has 42 heavy (non-hydrogen) atoms. The summed E-state index contributed by atoms with van der Waals surface area (Å²) in [6.07, 6.45) is 1.61. The lowest BCUT2D eigenvalue weighted by molar-refractivity contribution is -0.143. The number of hydrogen-bond acceptors (Lipinski definition) is 4. The summed E-state index contributed by atoms with van der Waals surface area (Å²) in [5.74, 6) is 0.637. The lowest BCUT2D eigenvalue weighted by Crippen LogP contribution is -2.37. The van der Waals surface area contributed by atoms with Crippen LogP contribution in [0.15, 0.2) is 108 Å². The number of imidazole rings is 1.